The van der Waals surface area contributed by atoms with Crippen LogP contribution in [-0.4, -0.2) is 29.3 Å². The van der Waals surface area contributed by atoms with Gasteiger partial charge < -0.3 is 10.2 Å². The average molecular weight is 453 g/mol. The van der Waals surface area contributed by atoms with Gasteiger partial charge in [0.05, 0.1) is 0 Å². The van der Waals surface area contributed by atoms with Crippen LogP contribution in [0.4, 0.5) is 0 Å². The van der Waals surface area contributed by atoms with Crippen molar-refractivity contribution in [1.82, 2.24) is 10.2 Å². The summed E-state index contributed by atoms with van der Waals surface area (Å²) in [5, 5.41) is 3.76. The number of hydrogen-bond donors (Lipinski definition) is 1. The standard InChI is InChI=1S/C27H33ClN2O2/c1-2-26(31)30(20-23-13-15-24(28)16-14-23)25(19-22-11-7-4-8-12-22)27(32)29-18-17-21-9-5-3-6-10-21/h4,7-9,11-16,25H,2-3,5-6,10,17-20H2,1H3,(H,29,32)/t25-/m1/s1. The Balaban J connectivity index is 1.77. The molecule has 0 fully saturated rings. The molecule has 1 aliphatic carbocycles. The summed E-state index contributed by atoms with van der Waals surface area (Å²) < 4.78 is 0. The lowest BCUT2D eigenvalue weighted by Crippen LogP contribution is -2.50. The van der Waals surface area contributed by atoms with Gasteiger partial charge in [0, 0.05) is 31.0 Å². The molecule has 0 aromatic heterocycles. The number of halogens is 1. The topological polar surface area (TPSA) is 49.4 Å². The van der Waals surface area contributed by atoms with Crippen LogP contribution in [0.3, 0.4) is 0 Å². The number of benzene rings is 2. The lowest BCUT2D eigenvalue weighted by atomic mass is 9.97. The minimum atomic E-state index is -0.569. The Morgan fingerprint density at radius 2 is 1.78 bits per heavy atom. The number of hydrogen-bond acceptors (Lipinski definition) is 2. The quantitative estimate of drug-likeness (QED) is 0.470. The predicted octanol–water partition coefficient (Wildman–Crippen LogP) is 5.70. The van der Waals surface area contributed by atoms with E-state index in [0.717, 1.165) is 30.4 Å². The van der Waals surface area contributed by atoms with E-state index in [2.05, 4.69) is 11.4 Å². The summed E-state index contributed by atoms with van der Waals surface area (Å²) in [6, 6.07) is 16.8. The van der Waals surface area contributed by atoms with Gasteiger partial charge in [0.25, 0.3) is 0 Å². The summed E-state index contributed by atoms with van der Waals surface area (Å²) in [5.74, 6) is -0.132. The first kappa shape index (κ1) is 24.1. The van der Waals surface area contributed by atoms with Crippen molar-refractivity contribution in [2.75, 3.05) is 6.54 Å². The van der Waals surface area contributed by atoms with Crippen molar-refractivity contribution in [2.45, 2.75) is 64.5 Å². The van der Waals surface area contributed by atoms with E-state index in [4.69, 9.17) is 11.6 Å². The van der Waals surface area contributed by atoms with Gasteiger partial charge in [-0.25, -0.2) is 0 Å². The first-order chi connectivity index (χ1) is 15.6. The van der Waals surface area contributed by atoms with Crippen LogP contribution in [0, 0.1) is 0 Å². The molecule has 2 aromatic carbocycles. The fraction of sp³-hybridized carbons (Fsp3) is 0.407. The van der Waals surface area contributed by atoms with Gasteiger partial charge in [-0.05, 0) is 55.4 Å². The molecular weight excluding hydrogens is 420 g/mol. The van der Waals surface area contributed by atoms with Crippen LogP contribution in [0.25, 0.3) is 0 Å². The molecule has 1 N–H and O–H groups in total. The molecule has 3 rings (SSSR count). The minimum Gasteiger partial charge on any atom is -0.354 e. The van der Waals surface area contributed by atoms with Gasteiger partial charge in [-0.15, -0.1) is 0 Å². The Labute approximate surface area is 196 Å². The van der Waals surface area contributed by atoms with Gasteiger partial charge in [0.2, 0.25) is 11.8 Å². The molecule has 0 bridgehead atoms. The molecule has 0 heterocycles. The number of nitrogens with zero attached hydrogens (tertiary/aromatic N) is 1. The van der Waals surface area contributed by atoms with E-state index >= 15 is 0 Å². The minimum absolute atomic E-state index is 0.0361. The molecule has 1 aliphatic rings. The summed E-state index contributed by atoms with van der Waals surface area (Å²) in [7, 11) is 0. The SMILES string of the molecule is CCC(=O)N(Cc1ccc(Cl)cc1)[C@H](Cc1ccccc1)C(=O)NCCC1=CCCCC1. The zero-order valence-electron chi connectivity index (χ0n) is 18.9. The monoisotopic (exact) mass is 452 g/mol. The highest BCUT2D eigenvalue weighted by Gasteiger charge is 2.29. The first-order valence-corrected chi connectivity index (χ1v) is 12.0. The highest BCUT2D eigenvalue weighted by molar-refractivity contribution is 6.30. The normalized spacial score (nSPS) is 14.4. The van der Waals surface area contributed by atoms with Gasteiger partial charge in [-0.3, -0.25) is 9.59 Å². The van der Waals surface area contributed by atoms with E-state index in [1.54, 1.807) is 4.90 Å². The number of rotatable bonds is 10. The van der Waals surface area contributed by atoms with Gasteiger partial charge in [0.15, 0.2) is 0 Å². The van der Waals surface area contributed by atoms with E-state index in [0.29, 0.717) is 31.0 Å². The molecule has 170 valence electrons. The van der Waals surface area contributed by atoms with Crippen molar-refractivity contribution >= 4 is 23.4 Å². The second-order valence-corrected chi connectivity index (χ2v) is 8.79. The maximum absolute atomic E-state index is 13.3. The lowest BCUT2D eigenvalue weighted by Gasteiger charge is -2.31. The summed E-state index contributed by atoms with van der Waals surface area (Å²) in [6.07, 6.45) is 8.77. The maximum Gasteiger partial charge on any atom is 0.243 e. The molecule has 0 saturated heterocycles. The van der Waals surface area contributed by atoms with Gasteiger partial charge in [-0.2, -0.15) is 0 Å². The van der Waals surface area contributed by atoms with Crippen molar-refractivity contribution < 1.29 is 9.59 Å². The third-order valence-corrected chi connectivity index (χ3v) is 6.22. The number of amides is 2. The highest BCUT2D eigenvalue weighted by atomic mass is 35.5. The van der Waals surface area contributed by atoms with Crippen molar-refractivity contribution in [2.24, 2.45) is 0 Å². The molecule has 0 unspecified atom stereocenters. The molecule has 2 aromatic rings. The summed E-state index contributed by atoms with van der Waals surface area (Å²) in [6.45, 7) is 2.81. The second kappa shape index (κ2) is 12.4. The van der Waals surface area contributed by atoms with E-state index in [1.807, 2.05) is 61.5 Å². The predicted molar refractivity (Wildman–Crippen MR) is 130 cm³/mol. The Morgan fingerprint density at radius 3 is 2.44 bits per heavy atom. The van der Waals surface area contributed by atoms with Crippen LogP contribution >= 0.6 is 11.6 Å². The molecule has 1 atom stereocenters. The van der Waals surface area contributed by atoms with E-state index in [-0.39, 0.29) is 11.8 Å². The molecule has 0 aliphatic heterocycles. The van der Waals surface area contributed by atoms with Gasteiger partial charge >= 0.3 is 0 Å². The van der Waals surface area contributed by atoms with E-state index < -0.39 is 6.04 Å². The van der Waals surface area contributed by atoms with Crippen LogP contribution < -0.4 is 5.32 Å². The number of carbonyl (C=O) groups excluding carboxylic acids is 2. The number of allylic oxidation sites excluding steroid dienone is 1. The Hall–Kier alpha value is -2.59. The number of carbonyl (C=O) groups is 2. The third kappa shape index (κ3) is 7.23. The highest BCUT2D eigenvalue weighted by Crippen LogP contribution is 2.20. The second-order valence-electron chi connectivity index (χ2n) is 8.36. The average Bonchev–Trinajstić information content (AvgIpc) is 2.83. The van der Waals surface area contributed by atoms with Gasteiger partial charge in [0.1, 0.15) is 6.04 Å². The summed E-state index contributed by atoms with van der Waals surface area (Å²) >= 11 is 6.03. The van der Waals surface area contributed by atoms with Crippen LogP contribution in [0.1, 0.15) is 56.6 Å². The Kier molecular flexibility index (Phi) is 9.36. The first-order valence-electron chi connectivity index (χ1n) is 11.6. The van der Waals surface area contributed by atoms with Crippen molar-refractivity contribution in [3.05, 3.63) is 82.4 Å². The van der Waals surface area contributed by atoms with Gasteiger partial charge in [-0.1, -0.05) is 72.6 Å². The number of nitrogens with one attached hydrogen (secondary N) is 1. The molecule has 0 spiro atoms. The van der Waals surface area contributed by atoms with Crippen molar-refractivity contribution in [3.63, 3.8) is 0 Å². The molecule has 2 amide bonds. The van der Waals surface area contributed by atoms with Crippen LogP contribution in [0.15, 0.2) is 66.2 Å². The summed E-state index contributed by atoms with van der Waals surface area (Å²) in [5.41, 5.74) is 3.42. The van der Waals surface area contributed by atoms with E-state index in [9.17, 15) is 9.59 Å². The molecule has 0 saturated carbocycles. The summed E-state index contributed by atoms with van der Waals surface area (Å²) in [4.78, 5) is 28.0. The smallest absolute Gasteiger partial charge is 0.243 e. The van der Waals surface area contributed by atoms with Crippen LogP contribution in [0.5, 0.6) is 0 Å². The third-order valence-electron chi connectivity index (χ3n) is 5.97. The molecule has 4 nitrogen and oxygen atoms in total. The van der Waals surface area contributed by atoms with Crippen LogP contribution in [0.2, 0.25) is 5.02 Å². The molecule has 0 radical (unpaired) electrons. The van der Waals surface area contributed by atoms with Crippen LogP contribution in [-0.2, 0) is 22.6 Å². The molecule has 32 heavy (non-hydrogen) atoms. The fourth-order valence-corrected chi connectivity index (χ4v) is 4.27. The Morgan fingerprint density at radius 1 is 1.03 bits per heavy atom. The molecular formula is C27H33ClN2O2. The zero-order valence-corrected chi connectivity index (χ0v) is 19.6. The van der Waals surface area contributed by atoms with E-state index in [1.165, 1.54) is 18.4 Å². The zero-order chi connectivity index (χ0) is 22.8. The van der Waals surface area contributed by atoms with Crippen molar-refractivity contribution in [1.29, 1.82) is 0 Å². The fourth-order valence-electron chi connectivity index (χ4n) is 4.14. The molecule has 5 heteroatoms. The Bertz CT molecular complexity index is 909. The largest absolute Gasteiger partial charge is 0.354 e. The maximum atomic E-state index is 13.3. The lowest BCUT2D eigenvalue weighted by molar-refractivity contribution is -0.141. The van der Waals surface area contributed by atoms with Crippen molar-refractivity contribution in [3.8, 4) is 0 Å².